The van der Waals surface area contributed by atoms with Crippen LogP contribution in [0.2, 0.25) is 5.02 Å². The van der Waals surface area contributed by atoms with Crippen LogP contribution in [-0.4, -0.2) is 95.2 Å². The molecule has 4 fully saturated rings. The number of amides is 4. The fourth-order valence-electron chi connectivity index (χ4n) is 8.66. The lowest BCUT2D eigenvalue weighted by Gasteiger charge is -2.35. The zero-order valence-electron chi connectivity index (χ0n) is 32.6. The summed E-state index contributed by atoms with van der Waals surface area (Å²) < 4.78 is 68.2. The number of hydrogen-bond acceptors (Lipinski definition) is 10. The summed E-state index contributed by atoms with van der Waals surface area (Å²) in [6.07, 6.45) is 0.510. The molecule has 1 aromatic carbocycles. The first-order chi connectivity index (χ1) is 26.8. The number of alkyl halides is 2. The first kappa shape index (κ1) is 41.3. The summed E-state index contributed by atoms with van der Waals surface area (Å²) in [4.78, 5) is 66.9. The smallest absolute Gasteiger partial charge is 0.408 e. The van der Waals surface area contributed by atoms with Crippen LogP contribution < -0.4 is 20.1 Å². The van der Waals surface area contributed by atoms with Crippen molar-refractivity contribution in [2.45, 2.75) is 140 Å². The molecule has 0 spiro atoms. The molecule has 14 nitrogen and oxygen atoms in total. The van der Waals surface area contributed by atoms with Crippen molar-refractivity contribution in [3.05, 3.63) is 28.9 Å². The lowest BCUT2D eigenvalue weighted by atomic mass is 9.85. The number of alkyl carbamates (subject to hydrolysis) is 1. The second-order valence-electron chi connectivity index (χ2n) is 17.7. The number of ether oxygens (including phenoxy) is 2. The van der Waals surface area contributed by atoms with Gasteiger partial charge in [-0.05, 0) is 86.8 Å². The quantitative estimate of drug-likeness (QED) is 0.356. The van der Waals surface area contributed by atoms with Crippen LogP contribution in [0, 0.1) is 23.2 Å². The van der Waals surface area contributed by atoms with Crippen molar-refractivity contribution >= 4 is 56.5 Å². The highest BCUT2D eigenvalue weighted by atomic mass is 35.5. The van der Waals surface area contributed by atoms with Gasteiger partial charge in [-0.1, -0.05) is 52.1 Å². The molecular weight excluding hydrogens is 786 g/mol. The summed E-state index contributed by atoms with van der Waals surface area (Å²) in [6, 6.07) is 2.56. The molecule has 1 aromatic heterocycles. The van der Waals surface area contributed by atoms with Gasteiger partial charge in [0.1, 0.15) is 35.5 Å². The first-order valence-electron chi connectivity index (χ1n) is 19.9. The molecule has 2 aliphatic heterocycles. The van der Waals surface area contributed by atoms with E-state index in [1.54, 1.807) is 39.0 Å². The predicted octanol–water partition coefficient (Wildman–Crippen LogP) is 5.05. The molecule has 3 heterocycles. The Labute approximate surface area is 336 Å². The van der Waals surface area contributed by atoms with Crippen molar-refractivity contribution in [2.75, 3.05) is 6.54 Å². The lowest BCUT2D eigenvalue weighted by molar-refractivity contribution is -0.143. The highest BCUT2D eigenvalue weighted by Crippen LogP contribution is 2.48. The van der Waals surface area contributed by atoms with Crippen molar-refractivity contribution in [1.82, 2.24) is 30.2 Å². The summed E-state index contributed by atoms with van der Waals surface area (Å²) >= 11 is 6.29. The minimum atomic E-state index is -4.13. The van der Waals surface area contributed by atoms with Crippen molar-refractivity contribution in [2.24, 2.45) is 23.2 Å². The molecule has 0 radical (unpaired) electrons. The Kier molecular flexibility index (Phi) is 11.4. The Morgan fingerprint density at radius 3 is 2.47 bits per heavy atom. The monoisotopic (exact) mass is 836 g/mol. The average Bonchev–Trinajstić information content (AvgIpc) is 4.03. The number of carbonyl (C=O) groups is 4. The van der Waals surface area contributed by atoms with Gasteiger partial charge in [-0.2, -0.15) is 0 Å². The van der Waals surface area contributed by atoms with Gasteiger partial charge in [-0.25, -0.2) is 32.0 Å². The van der Waals surface area contributed by atoms with Crippen LogP contribution in [0.25, 0.3) is 11.0 Å². The van der Waals surface area contributed by atoms with E-state index in [4.69, 9.17) is 31.0 Å². The van der Waals surface area contributed by atoms with Gasteiger partial charge in [0.15, 0.2) is 0 Å². The van der Waals surface area contributed by atoms with E-state index in [0.717, 1.165) is 32.1 Å². The molecule has 312 valence electrons. The number of nitrogens with zero attached hydrogens (tertiary/aromatic N) is 3. The van der Waals surface area contributed by atoms with Crippen molar-refractivity contribution in [1.29, 1.82) is 0 Å². The van der Waals surface area contributed by atoms with Crippen LogP contribution in [0.4, 0.5) is 13.6 Å². The standard InChI is InChI=1S/C39H51ClF2N6O8S/c1-20-14-21-8-6-5-7-9-27-34(44-28-16-22(40)10-13-26(28)43-27)55-23-17-29(48(19-23)35(50)31(38(2,3)4)45-37(52)56-30(21)15-20)33(49)46-39(18-25(39)32(41)42)36(51)47-57(53,54)24-11-12-24/h10,13,16,20-21,23-25,29-32H,5-9,11-12,14-15,17-19H2,1-4H3,(H,45,52)(H,46,49)(H,47,51)/t20-,21-,23-,25+,29+,30-,31-,39-/m1/s1. The molecule has 3 aliphatic carbocycles. The summed E-state index contributed by atoms with van der Waals surface area (Å²) in [5.74, 6) is -3.82. The number of halogens is 3. The molecule has 3 saturated carbocycles. The number of rotatable bonds is 6. The third kappa shape index (κ3) is 8.93. The third-order valence-corrected chi connectivity index (χ3v) is 14.1. The van der Waals surface area contributed by atoms with Crippen LogP contribution in [0.1, 0.15) is 97.6 Å². The van der Waals surface area contributed by atoms with Crippen LogP contribution in [0.3, 0.4) is 0 Å². The van der Waals surface area contributed by atoms with Crippen molar-refractivity contribution in [3.8, 4) is 5.88 Å². The zero-order chi connectivity index (χ0) is 41.0. The highest BCUT2D eigenvalue weighted by Gasteiger charge is 2.67. The van der Waals surface area contributed by atoms with Gasteiger partial charge < -0.3 is 25.0 Å². The summed E-state index contributed by atoms with van der Waals surface area (Å²) in [5.41, 5.74) is -1.45. The van der Waals surface area contributed by atoms with Crippen LogP contribution in [-0.2, 0) is 35.6 Å². The molecule has 1 saturated heterocycles. The van der Waals surface area contributed by atoms with E-state index < -0.39 is 87.0 Å². The summed E-state index contributed by atoms with van der Waals surface area (Å²) in [7, 11) is -4.13. The van der Waals surface area contributed by atoms with Crippen LogP contribution in [0.5, 0.6) is 5.88 Å². The second-order valence-corrected chi connectivity index (χ2v) is 20.1. The van der Waals surface area contributed by atoms with Gasteiger partial charge >= 0.3 is 6.09 Å². The van der Waals surface area contributed by atoms with E-state index in [9.17, 15) is 36.4 Å². The van der Waals surface area contributed by atoms with Crippen LogP contribution in [0.15, 0.2) is 18.2 Å². The second kappa shape index (κ2) is 15.7. The van der Waals surface area contributed by atoms with Gasteiger partial charge in [0.2, 0.25) is 34.1 Å². The number of carbonyl (C=O) groups excluding carboxylic acids is 4. The van der Waals surface area contributed by atoms with E-state index in [1.807, 2.05) is 4.72 Å². The van der Waals surface area contributed by atoms with Gasteiger partial charge in [0.25, 0.3) is 5.91 Å². The van der Waals surface area contributed by atoms with Crippen molar-refractivity contribution < 1.29 is 45.9 Å². The molecular formula is C39H51ClF2N6O8S. The maximum Gasteiger partial charge on any atom is 0.408 e. The number of aromatic nitrogens is 2. The Morgan fingerprint density at radius 1 is 1.04 bits per heavy atom. The fraction of sp³-hybridized carbons (Fsp3) is 0.692. The highest BCUT2D eigenvalue weighted by molar-refractivity contribution is 7.91. The molecule has 3 N–H and O–H groups in total. The largest absolute Gasteiger partial charge is 0.471 e. The Hall–Kier alpha value is -3.86. The van der Waals surface area contributed by atoms with E-state index in [0.29, 0.717) is 53.4 Å². The summed E-state index contributed by atoms with van der Waals surface area (Å²) in [6.45, 7) is 7.20. The molecule has 18 heteroatoms. The van der Waals surface area contributed by atoms with Gasteiger partial charge in [-0.15, -0.1) is 0 Å². The van der Waals surface area contributed by atoms with Gasteiger partial charge in [-0.3, -0.25) is 19.1 Å². The van der Waals surface area contributed by atoms with E-state index in [-0.39, 0.29) is 30.9 Å². The minimum absolute atomic E-state index is 0.146. The first-order valence-corrected chi connectivity index (χ1v) is 21.8. The third-order valence-electron chi connectivity index (χ3n) is 12.0. The maximum atomic E-state index is 14.7. The number of fused-ring (bicyclic) bond motifs is 5. The topological polar surface area (TPSA) is 186 Å². The number of benzene rings is 1. The molecule has 0 unspecified atom stereocenters. The molecule has 4 amide bonds. The molecule has 57 heavy (non-hydrogen) atoms. The Bertz CT molecular complexity index is 2030. The Balaban J connectivity index is 1.23. The van der Waals surface area contributed by atoms with E-state index in [2.05, 4.69) is 17.6 Å². The molecule has 8 atom stereocenters. The number of aryl methyl sites for hydroxylation is 1. The van der Waals surface area contributed by atoms with Crippen molar-refractivity contribution in [3.63, 3.8) is 0 Å². The zero-order valence-corrected chi connectivity index (χ0v) is 34.1. The van der Waals surface area contributed by atoms with Crippen LogP contribution >= 0.6 is 11.6 Å². The minimum Gasteiger partial charge on any atom is -0.471 e. The summed E-state index contributed by atoms with van der Waals surface area (Å²) in [5, 5.41) is 4.85. The average molecular weight is 837 g/mol. The maximum absolute atomic E-state index is 14.7. The van der Waals surface area contributed by atoms with Gasteiger partial charge in [0, 0.05) is 11.4 Å². The Morgan fingerprint density at radius 2 is 1.79 bits per heavy atom. The molecule has 2 bridgehead atoms. The number of sulfonamides is 1. The molecule has 5 aliphatic rings. The van der Waals surface area contributed by atoms with E-state index >= 15 is 0 Å². The lowest BCUT2D eigenvalue weighted by Crippen LogP contribution is -2.60. The van der Waals surface area contributed by atoms with E-state index in [1.165, 1.54) is 4.90 Å². The SMILES string of the molecule is C[C@@H]1C[C@H]2CCCCCc3nc4ccc(Cl)cc4nc3O[C@@H]3C[C@@H](C(=O)N[C@]4(C(=O)NS(=O)(=O)C5CC5)C[C@H]4C(F)F)N(C3)C(=O)[C@H](C(C)(C)C)NC(=O)O[C@@H]2C1. The number of nitrogens with one attached hydrogen (secondary N) is 3. The normalized spacial score (nSPS) is 31.3. The molecule has 7 rings (SSSR count). The fourth-order valence-corrected chi connectivity index (χ4v) is 10.2. The van der Waals surface area contributed by atoms with Gasteiger partial charge in [0.05, 0.1) is 28.7 Å². The molecule has 2 aromatic rings. The number of hydrogen-bond donors (Lipinski definition) is 3. The predicted molar refractivity (Wildman–Crippen MR) is 205 cm³/mol.